The molecule has 27 heavy (non-hydrogen) atoms. The van der Waals surface area contributed by atoms with Crippen molar-refractivity contribution in [3.05, 3.63) is 77.9 Å². The lowest BCUT2D eigenvalue weighted by molar-refractivity contribution is 0.0949. The van der Waals surface area contributed by atoms with Crippen LogP contribution >= 0.6 is 0 Å². The van der Waals surface area contributed by atoms with Crippen molar-refractivity contribution in [2.24, 2.45) is 0 Å². The predicted molar refractivity (Wildman–Crippen MR) is 96.8 cm³/mol. The Morgan fingerprint density at radius 3 is 2.78 bits per heavy atom. The van der Waals surface area contributed by atoms with Gasteiger partial charge in [-0.1, -0.05) is 6.07 Å². The van der Waals surface area contributed by atoms with Crippen molar-refractivity contribution in [1.29, 1.82) is 0 Å². The summed E-state index contributed by atoms with van der Waals surface area (Å²) in [4.78, 5) is 28.7. The van der Waals surface area contributed by atoms with Gasteiger partial charge >= 0.3 is 0 Å². The quantitative estimate of drug-likeness (QED) is 0.715. The topological polar surface area (TPSA) is 110 Å². The molecule has 3 aromatic rings. The third kappa shape index (κ3) is 2.97. The highest BCUT2D eigenvalue weighted by atomic mass is 32.2. The number of benzene rings is 1. The number of carbonyl (C=O) groups excluding carboxylic acids is 2. The van der Waals surface area contributed by atoms with Crippen molar-refractivity contribution in [2.75, 3.05) is 5.32 Å². The van der Waals surface area contributed by atoms with Crippen LogP contribution in [0.15, 0.2) is 65.8 Å². The van der Waals surface area contributed by atoms with E-state index in [1.54, 1.807) is 18.3 Å². The first kappa shape index (κ1) is 17.0. The number of nitrogens with one attached hydrogen (secondary N) is 2. The predicted octanol–water partition coefficient (Wildman–Crippen LogP) is 1.62. The molecule has 0 saturated heterocycles. The van der Waals surface area contributed by atoms with Gasteiger partial charge in [0.05, 0.1) is 17.9 Å². The fourth-order valence-corrected chi connectivity index (χ4v) is 4.29. The van der Waals surface area contributed by atoms with Gasteiger partial charge in [-0.3, -0.25) is 14.6 Å². The Morgan fingerprint density at radius 1 is 1.15 bits per heavy atom. The maximum Gasteiger partial charge on any atom is 0.273 e. The van der Waals surface area contributed by atoms with Crippen LogP contribution in [0.25, 0.3) is 0 Å². The summed E-state index contributed by atoms with van der Waals surface area (Å²) in [7, 11) is -3.93. The Balaban J connectivity index is 1.65. The second-order valence-electron chi connectivity index (χ2n) is 5.86. The first-order valence-electron chi connectivity index (χ1n) is 8.03. The summed E-state index contributed by atoms with van der Waals surface area (Å²) < 4.78 is 26.5. The summed E-state index contributed by atoms with van der Waals surface area (Å²) >= 11 is 0. The van der Waals surface area contributed by atoms with Crippen molar-refractivity contribution in [2.45, 2.75) is 11.4 Å². The molecule has 0 unspecified atom stereocenters. The van der Waals surface area contributed by atoms with Gasteiger partial charge in [0.1, 0.15) is 10.6 Å². The molecule has 3 heterocycles. The Morgan fingerprint density at radius 2 is 2.00 bits per heavy atom. The standard InChI is InChI=1S/C18H14N4O4S/c23-17(20-11-13-4-1-2-8-19-13)12-6-7-16-14(10-12)21-18(24)15-5-3-9-22(15)27(16,25)26/h1-10H,11H2,(H,20,23)(H,21,24). The van der Waals surface area contributed by atoms with Crippen LogP contribution in [-0.4, -0.2) is 29.2 Å². The van der Waals surface area contributed by atoms with Gasteiger partial charge in [-0.05, 0) is 42.5 Å². The van der Waals surface area contributed by atoms with E-state index in [1.807, 2.05) is 6.07 Å². The molecule has 2 amide bonds. The van der Waals surface area contributed by atoms with Gasteiger partial charge in [-0.25, -0.2) is 12.4 Å². The average Bonchev–Trinajstić information content (AvgIpc) is 3.15. The summed E-state index contributed by atoms with van der Waals surface area (Å²) in [6, 6.07) is 12.3. The number of amides is 2. The summed E-state index contributed by atoms with van der Waals surface area (Å²) in [5, 5.41) is 5.27. The second-order valence-corrected chi connectivity index (χ2v) is 7.65. The molecule has 2 aromatic heterocycles. The number of pyridine rings is 1. The van der Waals surface area contributed by atoms with Gasteiger partial charge < -0.3 is 10.6 Å². The van der Waals surface area contributed by atoms with Crippen LogP contribution < -0.4 is 10.6 Å². The molecule has 136 valence electrons. The van der Waals surface area contributed by atoms with Gasteiger partial charge in [0.15, 0.2) is 0 Å². The highest BCUT2D eigenvalue weighted by Crippen LogP contribution is 2.29. The summed E-state index contributed by atoms with van der Waals surface area (Å²) in [6.07, 6.45) is 2.94. The third-order valence-corrected chi connectivity index (χ3v) is 5.88. The maximum absolute atomic E-state index is 12.8. The molecule has 1 aliphatic heterocycles. The number of hydrogen-bond donors (Lipinski definition) is 2. The molecule has 0 aliphatic carbocycles. The van der Waals surface area contributed by atoms with Crippen LogP contribution in [0.3, 0.4) is 0 Å². The van der Waals surface area contributed by atoms with Crippen molar-refractivity contribution >= 4 is 27.5 Å². The fourth-order valence-electron chi connectivity index (χ4n) is 2.81. The molecule has 2 N–H and O–H groups in total. The molecule has 0 radical (unpaired) electrons. The minimum absolute atomic E-state index is 0.00681. The van der Waals surface area contributed by atoms with E-state index < -0.39 is 21.8 Å². The molecule has 0 atom stereocenters. The molecular weight excluding hydrogens is 368 g/mol. The van der Waals surface area contributed by atoms with E-state index in [4.69, 9.17) is 0 Å². The van der Waals surface area contributed by atoms with E-state index in [0.717, 1.165) is 3.97 Å². The van der Waals surface area contributed by atoms with Crippen LogP contribution in [0.2, 0.25) is 0 Å². The number of nitrogens with zero attached hydrogens (tertiary/aromatic N) is 2. The van der Waals surface area contributed by atoms with Crippen LogP contribution in [0, 0.1) is 0 Å². The summed E-state index contributed by atoms with van der Waals surface area (Å²) in [5.41, 5.74) is 0.990. The SMILES string of the molecule is O=C(NCc1ccccn1)c1ccc2c(c1)NC(=O)c1cccn1S2(=O)=O. The largest absolute Gasteiger partial charge is 0.346 e. The van der Waals surface area contributed by atoms with E-state index in [1.165, 1.54) is 36.5 Å². The molecule has 0 spiro atoms. The Hall–Kier alpha value is -3.46. The van der Waals surface area contributed by atoms with Gasteiger partial charge in [-0.15, -0.1) is 0 Å². The summed E-state index contributed by atoms with van der Waals surface area (Å²) in [5.74, 6) is -0.965. The lowest BCUT2D eigenvalue weighted by Gasteiger charge is -2.10. The fraction of sp³-hybridized carbons (Fsp3) is 0.0556. The number of rotatable bonds is 3. The number of carbonyl (C=O) groups is 2. The molecule has 1 aliphatic rings. The van der Waals surface area contributed by atoms with Gasteiger partial charge in [-0.2, -0.15) is 0 Å². The Bertz CT molecular complexity index is 1150. The first-order chi connectivity index (χ1) is 13.0. The summed E-state index contributed by atoms with van der Waals surface area (Å²) in [6.45, 7) is 0.229. The van der Waals surface area contributed by atoms with Crippen LogP contribution in [0.4, 0.5) is 5.69 Å². The molecule has 8 nitrogen and oxygen atoms in total. The monoisotopic (exact) mass is 382 g/mol. The first-order valence-corrected chi connectivity index (χ1v) is 9.47. The highest BCUT2D eigenvalue weighted by Gasteiger charge is 2.30. The number of aromatic nitrogens is 2. The van der Waals surface area contributed by atoms with E-state index in [2.05, 4.69) is 15.6 Å². The van der Waals surface area contributed by atoms with Gasteiger partial charge in [0.25, 0.3) is 21.8 Å². The van der Waals surface area contributed by atoms with Gasteiger partial charge in [0.2, 0.25) is 0 Å². The van der Waals surface area contributed by atoms with Crippen LogP contribution in [-0.2, 0) is 16.6 Å². The average molecular weight is 382 g/mol. The normalized spacial score (nSPS) is 14.4. The number of anilines is 1. The number of fused-ring (bicyclic) bond motifs is 2. The van der Waals surface area contributed by atoms with E-state index >= 15 is 0 Å². The van der Waals surface area contributed by atoms with E-state index in [-0.39, 0.29) is 28.4 Å². The Labute approximate surface area is 154 Å². The lowest BCUT2D eigenvalue weighted by Crippen LogP contribution is -2.23. The van der Waals surface area contributed by atoms with Crippen LogP contribution in [0.5, 0.6) is 0 Å². The van der Waals surface area contributed by atoms with Crippen molar-refractivity contribution < 1.29 is 18.0 Å². The molecular formula is C18H14N4O4S. The number of hydrogen-bond acceptors (Lipinski definition) is 5. The third-order valence-electron chi connectivity index (χ3n) is 4.13. The zero-order valence-electron chi connectivity index (χ0n) is 13.9. The molecule has 4 rings (SSSR count). The van der Waals surface area contributed by atoms with Crippen molar-refractivity contribution in [3.8, 4) is 0 Å². The smallest absolute Gasteiger partial charge is 0.273 e. The Kier molecular flexibility index (Phi) is 4.00. The maximum atomic E-state index is 12.8. The lowest BCUT2D eigenvalue weighted by atomic mass is 10.1. The minimum atomic E-state index is -3.93. The molecule has 0 fully saturated rings. The molecule has 9 heteroatoms. The zero-order valence-corrected chi connectivity index (χ0v) is 14.7. The molecule has 0 saturated carbocycles. The van der Waals surface area contributed by atoms with Crippen LogP contribution in [0.1, 0.15) is 26.5 Å². The minimum Gasteiger partial charge on any atom is -0.346 e. The van der Waals surface area contributed by atoms with E-state index in [9.17, 15) is 18.0 Å². The highest BCUT2D eigenvalue weighted by molar-refractivity contribution is 7.90. The molecule has 0 bridgehead atoms. The van der Waals surface area contributed by atoms with Gasteiger partial charge in [0, 0.05) is 18.0 Å². The van der Waals surface area contributed by atoms with E-state index in [0.29, 0.717) is 5.69 Å². The second kappa shape index (κ2) is 6.36. The van der Waals surface area contributed by atoms with Crippen molar-refractivity contribution in [1.82, 2.24) is 14.3 Å². The van der Waals surface area contributed by atoms with Crippen molar-refractivity contribution in [3.63, 3.8) is 0 Å². The molecule has 1 aromatic carbocycles. The zero-order chi connectivity index (χ0) is 19.0.